The van der Waals surface area contributed by atoms with E-state index in [2.05, 4.69) is 9.97 Å². The molecule has 0 atom stereocenters. The molecule has 0 unspecified atom stereocenters. The Morgan fingerprint density at radius 2 is 1.76 bits per heavy atom. The summed E-state index contributed by atoms with van der Waals surface area (Å²) in [6, 6.07) is 15.6. The zero-order valence-electron chi connectivity index (χ0n) is 9.17. The molecule has 3 aromatic rings. The third-order valence-corrected chi connectivity index (χ3v) is 2.66. The number of pyridine rings is 2. The molecule has 0 spiro atoms. The summed E-state index contributed by atoms with van der Waals surface area (Å²) < 4.78 is 0. The molecule has 0 aliphatic heterocycles. The predicted octanol–water partition coefficient (Wildman–Crippen LogP) is 2.88. The molecule has 0 fully saturated rings. The third kappa shape index (κ3) is 1.72. The van der Waals surface area contributed by atoms with E-state index >= 15 is 0 Å². The fraction of sp³-hybridized carbons (Fsp3) is 0. The molecule has 0 aliphatic carbocycles. The Bertz CT molecular complexity index is 663. The van der Waals surface area contributed by atoms with Crippen molar-refractivity contribution in [3.8, 4) is 11.4 Å². The summed E-state index contributed by atoms with van der Waals surface area (Å²) >= 11 is 0. The molecule has 2 N–H and O–H groups in total. The van der Waals surface area contributed by atoms with E-state index in [4.69, 9.17) is 5.73 Å². The molecule has 17 heavy (non-hydrogen) atoms. The zero-order valence-corrected chi connectivity index (χ0v) is 9.17. The maximum Gasteiger partial charge on any atom is 0.112 e. The summed E-state index contributed by atoms with van der Waals surface area (Å²) in [5.74, 6) is 0. The number of benzene rings is 1. The van der Waals surface area contributed by atoms with Crippen LogP contribution >= 0.6 is 0 Å². The molecular weight excluding hydrogens is 210 g/mol. The van der Waals surface area contributed by atoms with E-state index in [1.165, 1.54) is 0 Å². The van der Waals surface area contributed by atoms with Gasteiger partial charge in [0.15, 0.2) is 0 Å². The van der Waals surface area contributed by atoms with E-state index in [9.17, 15) is 0 Å². The van der Waals surface area contributed by atoms with Crippen LogP contribution in [-0.4, -0.2) is 9.97 Å². The normalized spacial score (nSPS) is 10.6. The van der Waals surface area contributed by atoms with E-state index in [1.54, 1.807) is 6.20 Å². The maximum atomic E-state index is 6.02. The molecule has 0 saturated carbocycles. The molecule has 0 amide bonds. The Hall–Kier alpha value is -2.42. The first-order valence-corrected chi connectivity index (χ1v) is 5.41. The maximum absolute atomic E-state index is 6.02. The average Bonchev–Trinajstić information content (AvgIpc) is 2.39. The minimum absolute atomic E-state index is 0.655. The van der Waals surface area contributed by atoms with Gasteiger partial charge in [-0.25, -0.2) is 4.98 Å². The molecule has 2 heterocycles. The molecule has 3 heteroatoms. The van der Waals surface area contributed by atoms with Crippen LogP contribution in [0.3, 0.4) is 0 Å². The second-order valence-electron chi connectivity index (χ2n) is 3.83. The highest BCUT2D eigenvalue weighted by atomic mass is 14.8. The Morgan fingerprint density at radius 3 is 2.59 bits per heavy atom. The van der Waals surface area contributed by atoms with Crippen LogP contribution in [0.15, 0.2) is 54.7 Å². The van der Waals surface area contributed by atoms with Crippen LogP contribution in [0.1, 0.15) is 0 Å². The number of aromatic nitrogens is 2. The lowest BCUT2D eigenvalue weighted by molar-refractivity contribution is 1.28. The zero-order chi connectivity index (χ0) is 11.7. The van der Waals surface area contributed by atoms with Crippen molar-refractivity contribution in [3.05, 3.63) is 54.7 Å². The molecular formula is C14H11N3. The van der Waals surface area contributed by atoms with Crippen molar-refractivity contribution in [2.75, 3.05) is 5.73 Å². The lowest BCUT2D eigenvalue weighted by Gasteiger charge is -2.06. The van der Waals surface area contributed by atoms with Crippen molar-refractivity contribution < 1.29 is 0 Å². The van der Waals surface area contributed by atoms with Crippen LogP contribution in [0.5, 0.6) is 0 Å². The third-order valence-electron chi connectivity index (χ3n) is 2.66. The number of hydrogen-bond donors (Lipinski definition) is 1. The summed E-state index contributed by atoms with van der Waals surface area (Å²) in [7, 11) is 0. The topological polar surface area (TPSA) is 51.8 Å². The molecule has 2 aromatic heterocycles. The van der Waals surface area contributed by atoms with Crippen molar-refractivity contribution in [3.63, 3.8) is 0 Å². The first kappa shape index (κ1) is 9.78. The highest BCUT2D eigenvalue weighted by Gasteiger charge is 2.06. The van der Waals surface area contributed by atoms with Crippen LogP contribution in [0.25, 0.3) is 22.3 Å². The van der Waals surface area contributed by atoms with Crippen LogP contribution in [-0.2, 0) is 0 Å². The Labute approximate surface area is 98.9 Å². The van der Waals surface area contributed by atoms with Gasteiger partial charge in [-0.05, 0) is 24.3 Å². The number of nitrogen functional groups attached to an aromatic ring is 1. The fourth-order valence-corrected chi connectivity index (χ4v) is 1.84. The van der Waals surface area contributed by atoms with Crippen molar-refractivity contribution in [2.45, 2.75) is 0 Å². The van der Waals surface area contributed by atoms with E-state index in [-0.39, 0.29) is 0 Å². The van der Waals surface area contributed by atoms with E-state index < -0.39 is 0 Å². The molecule has 0 radical (unpaired) electrons. The number of rotatable bonds is 1. The second kappa shape index (κ2) is 3.87. The van der Waals surface area contributed by atoms with Crippen molar-refractivity contribution in [1.82, 2.24) is 9.97 Å². The van der Waals surface area contributed by atoms with Crippen LogP contribution in [0.4, 0.5) is 5.69 Å². The van der Waals surface area contributed by atoms with Gasteiger partial charge in [-0.3, -0.25) is 4.98 Å². The number of para-hydroxylation sites is 1. The number of nitrogens with zero attached hydrogens (tertiary/aromatic N) is 2. The highest BCUT2D eigenvalue weighted by Crippen LogP contribution is 2.25. The van der Waals surface area contributed by atoms with Crippen molar-refractivity contribution >= 4 is 16.6 Å². The minimum atomic E-state index is 0.655. The molecule has 0 saturated heterocycles. The number of fused-ring (bicyclic) bond motifs is 1. The lowest BCUT2D eigenvalue weighted by Crippen LogP contribution is -1.95. The SMILES string of the molecule is Nc1cc2ccccc2nc1-c1ccccn1. The van der Waals surface area contributed by atoms with Crippen molar-refractivity contribution in [2.24, 2.45) is 0 Å². The van der Waals surface area contributed by atoms with Crippen LogP contribution < -0.4 is 5.73 Å². The Balaban J connectivity index is 2.27. The van der Waals surface area contributed by atoms with Crippen LogP contribution in [0, 0.1) is 0 Å². The van der Waals surface area contributed by atoms with Gasteiger partial charge in [-0.1, -0.05) is 24.3 Å². The highest BCUT2D eigenvalue weighted by molar-refractivity contribution is 5.87. The van der Waals surface area contributed by atoms with Crippen molar-refractivity contribution in [1.29, 1.82) is 0 Å². The van der Waals surface area contributed by atoms with Crippen LogP contribution in [0.2, 0.25) is 0 Å². The first-order chi connectivity index (χ1) is 8.34. The largest absolute Gasteiger partial charge is 0.397 e. The van der Waals surface area contributed by atoms with Gasteiger partial charge in [0.2, 0.25) is 0 Å². The first-order valence-electron chi connectivity index (χ1n) is 5.41. The summed E-state index contributed by atoms with van der Waals surface area (Å²) in [5, 5.41) is 1.05. The standard InChI is InChI=1S/C14H11N3/c15-11-9-10-5-1-2-6-12(10)17-14(11)13-7-3-4-8-16-13/h1-9H,15H2. The fourth-order valence-electron chi connectivity index (χ4n) is 1.84. The van der Waals surface area contributed by atoms with E-state index in [1.807, 2.05) is 48.5 Å². The van der Waals surface area contributed by atoms with Gasteiger partial charge < -0.3 is 5.73 Å². The summed E-state index contributed by atoms with van der Waals surface area (Å²) in [5.41, 5.74) is 9.15. The predicted molar refractivity (Wildman–Crippen MR) is 69.4 cm³/mol. The molecule has 3 rings (SSSR count). The van der Waals surface area contributed by atoms with Gasteiger partial charge in [0.25, 0.3) is 0 Å². The molecule has 82 valence electrons. The monoisotopic (exact) mass is 221 g/mol. The second-order valence-corrected chi connectivity index (χ2v) is 3.83. The molecule has 3 nitrogen and oxygen atoms in total. The quantitative estimate of drug-likeness (QED) is 0.687. The van der Waals surface area contributed by atoms with E-state index in [0.29, 0.717) is 5.69 Å². The lowest BCUT2D eigenvalue weighted by atomic mass is 10.1. The number of anilines is 1. The van der Waals surface area contributed by atoms with Gasteiger partial charge in [-0.2, -0.15) is 0 Å². The smallest absolute Gasteiger partial charge is 0.112 e. The van der Waals surface area contributed by atoms with Gasteiger partial charge in [0, 0.05) is 11.6 Å². The van der Waals surface area contributed by atoms with Gasteiger partial charge in [0.05, 0.1) is 16.9 Å². The van der Waals surface area contributed by atoms with E-state index in [0.717, 1.165) is 22.3 Å². The average molecular weight is 221 g/mol. The summed E-state index contributed by atoms with van der Waals surface area (Å²) in [6.07, 6.45) is 1.74. The van der Waals surface area contributed by atoms with Gasteiger partial charge in [0.1, 0.15) is 5.69 Å². The Morgan fingerprint density at radius 1 is 0.941 bits per heavy atom. The molecule has 0 bridgehead atoms. The Kier molecular flexibility index (Phi) is 2.22. The van der Waals surface area contributed by atoms with Gasteiger partial charge >= 0.3 is 0 Å². The summed E-state index contributed by atoms with van der Waals surface area (Å²) in [6.45, 7) is 0. The summed E-state index contributed by atoms with van der Waals surface area (Å²) in [4.78, 5) is 8.83. The van der Waals surface area contributed by atoms with Gasteiger partial charge in [-0.15, -0.1) is 0 Å². The number of hydrogen-bond acceptors (Lipinski definition) is 3. The molecule has 1 aromatic carbocycles. The molecule has 0 aliphatic rings. The number of nitrogens with two attached hydrogens (primary N) is 1. The minimum Gasteiger partial charge on any atom is -0.397 e.